The summed E-state index contributed by atoms with van der Waals surface area (Å²) in [5, 5.41) is 3.70. The van der Waals surface area contributed by atoms with Gasteiger partial charge in [0, 0.05) is 26.7 Å². The van der Waals surface area contributed by atoms with Crippen molar-refractivity contribution in [1.29, 1.82) is 0 Å². The molecule has 4 rings (SSSR count). The van der Waals surface area contributed by atoms with Crippen molar-refractivity contribution in [2.24, 2.45) is 5.92 Å². The lowest BCUT2D eigenvalue weighted by molar-refractivity contribution is -0.145. The zero-order valence-corrected chi connectivity index (χ0v) is 24.2. The maximum Gasteiger partial charge on any atom is 0.453 e. The van der Waals surface area contributed by atoms with Gasteiger partial charge in [0.2, 0.25) is 0 Å². The fourth-order valence-corrected chi connectivity index (χ4v) is 5.92. The maximum absolute atomic E-state index is 13.4. The Morgan fingerprint density at radius 2 is 1.51 bits per heavy atom. The first-order valence-electron chi connectivity index (χ1n) is 13.7. The van der Waals surface area contributed by atoms with E-state index in [-0.39, 0.29) is 18.3 Å². The molecular weight excluding hydrogens is 519 g/mol. The summed E-state index contributed by atoms with van der Waals surface area (Å²) in [5.41, 5.74) is 3.89. The van der Waals surface area contributed by atoms with Gasteiger partial charge in [-0.25, -0.2) is 9.67 Å². The molecule has 0 unspecified atom stereocenters. The third-order valence-electron chi connectivity index (χ3n) is 7.42. The number of carbonyl (C=O) groups is 1. The number of carbonyl (C=O) groups excluding carboxylic acids is 1. The molecule has 3 aromatic rings. The van der Waals surface area contributed by atoms with E-state index in [1.165, 1.54) is 10.2 Å². The molecular formula is C30H38F3N3O2Si. The summed E-state index contributed by atoms with van der Waals surface area (Å²) in [6.07, 6.45) is 0.464. The lowest BCUT2D eigenvalue weighted by Gasteiger charge is -2.28. The van der Waals surface area contributed by atoms with E-state index in [1.54, 1.807) is 19.1 Å². The topological polar surface area (TPSA) is 57.0 Å². The number of hydrogen-bond acceptors (Lipinski definition) is 4. The summed E-state index contributed by atoms with van der Waals surface area (Å²) < 4.78 is 47.0. The van der Waals surface area contributed by atoms with Gasteiger partial charge in [-0.1, -0.05) is 68.2 Å². The van der Waals surface area contributed by atoms with E-state index in [1.807, 2.05) is 12.1 Å². The Labute approximate surface area is 229 Å². The minimum Gasteiger partial charge on any atom is -0.359 e. The van der Waals surface area contributed by atoms with E-state index in [0.29, 0.717) is 30.4 Å². The molecule has 0 bridgehead atoms. The molecule has 1 fully saturated rings. The standard InChI is InChI=1S/C30H38F3N3O2Si/c1-21(37)19-22-5-7-23(8-6-22)24-9-11-25(12-10-24)26-13-15-27(16-14-26)28-34-29(30(31,32)33)35-36(28)20-38-17-18-39(2,3)4/h9-16,22-23H,5-8,17-20H2,1-4H3/t22-,23-. The van der Waals surface area contributed by atoms with E-state index < -0.39 is 20.1 Å². The van der Waals surface area contributed by atoms with Crippen LogP contribution in [0.2, 0.25) is 25.7 Å². The second-order valence-corrected chi connectivity index (χ2v) is 17.5. The number of nitrogens with zero attached hydrogens (tertiary/aromatic N) is 3. The largest absolute Gasteiger partial charge is 0.453 e. The zero-order valence-electron chi connectivity index (χ0n) is 23.2. The molecule has 1 heterocycles. The molecule has 2 aromatic carbocycles. The molecule has 5 nitrogen and oxygen atoms in total. The fourth-order valence-electron chi connectivity index (χ4n) is 5.16. The molecule has 0 radical (unpaired) electrons. The van der Waals surface area contributed by atoms with Crippen molar-refractivity contribution >= 4 is 13.9 Å². The van der Waals surface area contributed by atoms with Crippen LogP contribution in [0.4, 0.5) is 13.2 Å². The van der Waals surface area contributed by atoms with Crippen LogP contribution in [-0.4, -0.2) is 35.2 Å². The first-order valence-corrected chi connectivity index (χ1v) is 17.4. The molecule has 1 aromatic heterocycles. The number of alkyl halides is 3. The van der Waals surface area contributed by atoms with Gasteiger partial charge in [0.25, 0.3) is 5.82 Å². The van der Waals surface area contributed by atoms with Crippen LogP contribution >= 0.6 is 0 Å². The second kappa shape index (κ2) is 12.2. The first-order chi connectivity index (χ1) is 18.4. The van der Waals surface area contributed by atoms with Gasteiger partial charge in [0.15, 0.2) is 5.82 Å². The number of Topliss-reactive ketones (excluding diaryl/α,β-unsaturated/α-hetero) is 1. The lowest BCUT2D eigenvalue weighted by atomic mass is 9.77. The summed E-state index contributed by atoms with van der Waals surface area (Å²) in [4.78, 5) is 15.2. The summed E-state index contributed by atoms with van der Waals surface area (Å²) >= 11 is 0. The molecule has 39 heavy (non-hydrogen) atoms. The van der Waals surface area contributed by atoms with Crippen LogP contribution < -0.4 is 0 Å². The van der Waals surface area contributed by atoms with Crippen molar-refractivity contribution in [3.8, 4) is 22.5 Å². The first kappa shape index (κ1) is 29.2. The van der Waals surface area contributed by atoms with E-state index in [2.05, 4.69) is 54.0 Å². The van der Waals surface area contributed by atoms with Crippen LogP contribution in [0.1, 0.15) is 56.3 Å². The number of rotatable bonds is 10. The Hall–Kier alpha value is -2.78. The Kier molecular flexibility index (Phi) is 9.11. The SMILES string of the molecule is CC(=O)C[C@H]1CC[C@H](c2ccc(-c3ccc(-c4nc(C(F)(F)F)nn4COCC[Si](C)(C)C)cc3)cc2)CC1. The Morgan fingerprint density at radius 1 is 0.949 bits per heavy atom. The van der Waals surface area contributed by atoms with Crippen molar-refractivity contribution in [3.63, 3.8) is 0 Å². The number of halogens is 3. The van der Waals surface area contributed by atoms with Crippen LogP contribution in [0.3, 0.4) is 0 Å². The predicted molar refractivity (Wildman–Crippen MR) is 150 cm³/mol. The number of benzene rings is 2. The Bertz CT molecular complexity index is 1240. The third-order valence-corrected chi connectivity index (χ3v) is 9.12. The van der Waals surface area contributed by atoms with Gasteiger partial charge in [-0.15, -0.1) is 5.10 Å². The highest BCUT2D eigenvalue weighted by Crippen LogP contribution is 2.38. The van der Waals surface area contributed by atoms with Crippen molar-refractivity contribution in [2.75, 3.05) is 6.61 Å². The monoisotopic (exact) mass is 557 g/mol. The highest BCUT2D eigenvalue weighted by atomic mass is 28.3. The molecule has 1 saturated carbocycles. The quantitative estimate of drug-likeness (QED) is 0.186. The van der Waals surface area contributed by atoms with E-state index in [4.69, 9.17) is 4.74 Å². The lowest BCUT2D eigenvalue weighted by Crippen LogP contribution is -2.22. The van der Waals surface area contributed by atoms with Gasteiger partial charge in [0.05, 0.1) is 0 Å². The predicted octanol–water partition coefficient (Wildman–Crippen LogP) is 8.20. The van der Waals surface area contributed by atoms with Gasteiger partial charge in [-0.2, -0.15) is 13.2 Å². The molecule has 0 N–H and O–H groups in total. The number of aromatic nitrogens is 3. The average molecular weight is 558 g/mol. The molecule has 210 valence electrons. The highest BCUT2D eigenvalue weighted by molar-refractivity contribution is 6.76. The van der Waals surface area contributed by atoms with E-state index in [9.17, 15) is 18.0 Å². The molecule has 0 amide bonds. The molecule has 0 spiro atoms. The molecule has 0 saturated heterocycles. The summed E-state index contributed by atoms with van der Waals surface area (Å²) in [6, 6.07) is 16.8. The summed E-state index contributed by atoms with van der Waals surface area (Å²) in [6.45, 7) is 8.73. The van der Waals surface area contributed by atoms with Crippen molar-refractivity contribution in [3.05, 3.63) is 59.9 Å². The fraction of sp³-hybridized carbons (Fsp3) is 0.500. The molecule has 0 aliphatic heterocycles. The number of hydrogen-bond donors (Lipinski definition) is 0. The molecule has 1 aliphatic carbocycles. The van der Waals surface area contributed by atoms with E-state index in [0.717, 1.165) is 42.9 Å². The van der Waals surface area contributed by atoms with Crippen LogP contribution in [0.25, 0.3) is 22.5 Å². The van der Waals surface area contributed by atoms with Gasteiger partial charge in [-0.05, 0) is 67.2 Å². The Balaban J connectivity index is 1.44. The van der Waals surface area contributed by atoms with Gasteiger partial charge in [-0.3, -0.25) is 0 Å². The number of ketones is 1. The van der Waals surface area contributed by atoms with Gasteiger partial charge < -0.3 is 9.53 Å². The minimum atomic E-state index is -4.63. The van der Waals surface area contributed by atoms with Crippen LogP contribution in [0.15, 0.2) is 48.5 Å². The zero-order chi connectivity index (χ0) is 28.2. The average Bonchev–Trinajstić information content (AvgIpc) is 3.31. The smallest absolute Gasteiger partial charge is 0.359 e. The van der Waals surface area contributed by atoms with Crippen LogP contribution in [0, 0.1) is 5.92 Å². The van der Waals surface area contributed by atoms with Gasteiger partial charge in [0.1, 0.15) is 12.5 Å². The normalized spacial score (nSPS) is 18.3. The molecule has 9 heteroatoms. The Morgan fingerprint density at radius 3 is 2.05 bits per heavy atom. The summed E-state index contributed by atoms with van der Waals surface area (Å²) in [5.74, 6) is 0.289. The highest BCUT2D eigenvalue weighted by Gasteiger charge is 2.37. The second-order valence-electron chi connectivity index (χ2n) is 11.9. The van der Waals surface area contributed by atoms with Crippen molar-refractivity contribution < 1.29 is 22.7 Å². The maximum atomic E-state index is 13.4. The molecule has 1 aliphatic rings. The molecule has 0 atom stereocenters. The van der Waals surface area contributed by atoms with Crippen LogP contribution in [-0.2, 0) is 22.4 Å². The van der Waals surface area contributed by atoms with Crippen molar-refractivity contribution in [1.82, 2.24) is 14.8 Å². The number of ether oxygens (including phenoxy) is 1. The van der Waals surface area contributed by atoms with E-state index >= 15 is 0 Å². The van der Waals surface area contributed by atoms with Crippen LogP contribution in [0.5, 0.6) is 0 Å². The third kappa shape index (κ3) is 8.11. The minimum absolute atomic E-state index is 0.0806. The van der Waals surface area contributed by atoms with Crippen molar-refractivity contribution in [2.45, 2.75) is 83.5 Å². The summed E-state index contributed by atoms with van der Waals surface area (Å²) in [7, 11) is -1.32. The van der Waals surface area contributed by atoms with Gasteiger partial charge >= 0.3 is 6.18 Å².